The average molecular weight is 310 g/mol. The predicted molar refractivity (Wildman–Crippen MR) is 73.3 cm³/mol. The van der Waals surface area contributed by atoms with E-state index >= 15 is 0 Å². The number of halogens is 1. The minimum absolute atomic E-state index is 0.133. The Hall–Kier alpha value is -0.910. The summed E-state index contributed by atoms with van der Waals surface area (Å²) >= 11 is 3.51. The average Bonchev–Trinajstić information content (AvgIpc) is 2.38. The summed E-state index contributed by atoms with van der Waals surface area (Å²) < 4.78 is 1.09. The summed E-state index contributed by atoms with van der Waals surface area (Å²) in [5.74, 6) is 0.133. The summed E-state index contributed by atoms with van der Waals surface area (Å²) in [5.41, 5.74) is 1.26. The molecule has 2 fully saturated rings. The first-order valence-electron chi connectivity index (χ1n) is 6.22. The monoisotopic (exact) mass is 309 g/mol. The van der Waals surface area contributed by atoms with Gasteiger partial charge in [0.1, 0.15) is 0 Å². The zero-order chi connectivity index (χ0) is 12.5. The molecular weight excluding hydrogens is 294 g/mol. The number of amides is 1. The summed E-state index contributed by atoms with van der Waals surface area (Å²) in [6.45, 7) is 3.10. The lowest BCUT2D eigenvalue weighted by Crippen LogP contribution is -2.62. The largest absolute Gasteiger partial charge is 0.353 e. The fraction of sp³-hybridized carbons (Fsp3) is 0.462. The maximum atomic E-state index is 11.6. The molecule has 1 aromatic rings. The van der Waals surface area contributed by atoms with E-state index in [1.165, 1.54) is 5.56 Å². The van der Waals surface area contributed by atoms with Crippen LogP contribution < -0.4 is 10.6 Å². The number of carbonyl (C=O) groups excluding carboxylic acids is 1. The Labute approximate surface area is 115 Å². The molecule has 0 bridgehead atoms. The molecule has 2 saturated heterocycles. The van der Waals surface area contributed by atoms with Gasteiger partial charge in [-0.1, -0.05) is 28.1 Å². The molecule has 2 unspecified atom stereocenters. The molecule has 2 atom stereocenters. The molecule has 3 rings (SSSR count). The second-order valence-corrected chi connectivity index (χ2v) is 5.77. The van der Waals surface area contributed by atoms with Crippen molar-refractivity contribution in [1.82, 2.24) is 15.5 Å². The summed E-state index contributed by atoms with van der Waals surface area (Å²) in [5, 5.41) is 6.39. The zero-order valence-electron chi connectivity index (χ0n) is 10.0. The molecule has 0 aliphatic carbocycles. The van der Waals surface area contributed by atoms with Gasteiger partial charge in [-0.25, -0.2) is 0 Å². The maximum absolute atomic E-state index is 11.6. The summed E-state index contributed by atoms with van der Waals surface area (Å²) in [6.07, 6.45) is 0. The van der Waals surface area contributed by atoms with Gasteiger partial charge in [-0.2, -0.15) is 0 Å². The third kappa shape index (κ3) is 2.30. The Morgan fingerprint density at radius 2 is 2.17 bits per heavy atom. The van der Waals surface area contributed by atoms with Crippen molar-refractivity contribution in [1.29, 1.82) is 0 Å². The fourth-order valence-corrected chi connectivity index (χ4v) is 3.20. The number of piperazine rings is 2. The van der Waals surface area contributed by atoms with E-state index in [-0.39, 0.29) is 11.9 Å². The first-order chi connectivity index (χ1) is 8.74. The summed E-state index contributed by atoms with van der Waals surface area (Å²) in [4.78, 5) is 13.9. The highest BCUT2D eigenvalue weighted by molar-refractivity contribution is 9.10. The normalized spacial score (nSPS) is 28.6. The summed E-state index contributed by atoms with van der Waals surface area (Å²) in [7, 11) is 0. The van der Waals surface area contributed by atoms with E-state index in [4.69, 9.17) is 0 Å². The second kappa shape index (κ2) is 4.99. The van der Waals surface area contributed by atoms with Gasteiger partial charge in [0, 0.05) is 36.2 Å². The third-order valence-corrected chi connectivity index (χ3v) is 4.17. The SMILES string of the molecule is O=C1CN2C(CNCC2c2cccc(Br)c2)CN1. The van der Waals surface area contributed by atoms with E-state index in [9.17, 15) is 4.79 Å². The number of benzene rings is 1. The van der Waals surface area contributed by atoms with Crippen LogP contribution in [0.5, 0.6) is 0 Å². The van der Waals surface area contributed by atoms with E-state index in [0.29, 0.717) is 12.6 Å². The van der Waals surface area contributed by atoms with E-state index in [2.05, 4.69) is 43.6 Å². The van der Waals surface area contributed by atoms with E-state index in [1.54, 1.807) is 0 Å². The Kier molecular flexibility index (Phi) is 3.37. The molecule has 2 heterocycles. The summed E-state index contributed by atoms with van der Waals surface area (Å²) in [6, 6.07) is 9.04. The molecule has 2 aliphatic heterocycles. The van der Waals surface area contributed by atoms with Crippen LogP contribution in [-0.2, 0) is 4.79 Å². The minimum Gasteiger partial charge on any atom is -0.353 e. The molecule has 96 valence electrons. The van der Waals surface area contributed by atoms with Gasteiger partial charge in [0.2, 0.25) is 5.91 Å². The number of nitrogens with zero attached hydrogens (tertiary/aromatic N) is 1. The van der Waals surface area contributed by atoms with Crippen LogP contribution in [0.2, 0.25) is 0 Å². The van der Waals surface area contributed by atoms with Crippen LogP contribution >= 0.6 is 15.9 Å². The minimum atomic E-state index is 0.133. The van der Waals surface area contributed by atoms with Crippen LogP contribution in [0.3, 0.4) is 0 Å². The van der Waals surface area contributed by atoms with Crippen molar-refractivity contribution >= 4 is 21.8 Å². The van der Waals surface area contributed by atoms with Crippen LogP contribution in [0.25, 0.3) is 0 Å². The van der Waals surface area contributed by atoms with E-state index < -0.39 is 0 Å². The number of fused-ring (bicyclic) bond motifs is 1. The number of hydrogen-bond acceptors (Lipinski definition) is 3. The van der Waals surface area contributed by atoms with Gasteiger partial charge in [-0.3, -0.25) is 9.69 Å². The van der Waals surface area contributed by atoms with Crippen molar-refractivity contribution in [2.75, 3.05) is 26.2 Å². The first kappa shape index (κ1) is 12.1. The molecule has 0 saturated carbocycles. The van der Waals surface area contributed by atoms with Crippen molar-refractivity contribution in [3.8, 4) is 0 Å². The molecule has 2 aliphatic rings. The lowest BCUT2D eigenvalue weighted by atomic mass is 9.98. The van der Waals surface area contributed by atoms with Crippen molar-refractivity contribution in [2.45, 2.75) is 12.1 Å². The van der Waals surface area contributed by atoms with Gasteiger partial charge in [0.15, 0.2) is 0 Å². The van der Waals surface area contributed by atoms with Crippen molar-refractivity contribution in [3.63, 3.8) is 0 Å². The van der Waals surface area contributed by atoms with Crippen LogP contribution in [0.1, 0.15) is 11.6 Å². The van der Waals surface area contributed by atoms with Gasteiger partial charge in [0.25, 0.3) is 0 Å². The second-order valence-electron chi connectivity index (χ2n) is 4.86. The number of rotatable bonds is 1. The number of nitrogens with one attached hydrogen (secondary N) is 2. The topological polar surface area (TPSA) is 44.4 Å². The van der Waals surface area contributed by atoms with E-state index in [1.807, 2.05) is 12.1 Å². The highest BCUT2D eigenvalue weighted by Crippen LogP contribution is 2.27. The predicted octanol–water partition coefficient (Wildman–Crippen LogP) is 0.894. The molecule has 0 spiro atoms. The van der Waals surface area contributed by atoms with Gasteiger partial charge in [-0.15, -0.1) is 0 Å². The number of carbonyl (C=O) groups is 1. The van der Waals surface area contributed by atoms with Gasteiger partial charge in [-0.05, 0) is 17.7 Å². The van der Waals surface area contributed by atoms with Gasteiger partial charge >= 0.3 is 0 Å². The van der Waals surface area contributed by atoms with Crippen LogP contribution in [-0.4, -0.2) is 43.0 Å². The Morgan fingerprint density at radius 3 is 3.00 bits per heavy atom. The maximum Gasteiger partial charge on any atom is 0.234 e. The number of hydrogen-bond donors (Lipinski definition) is 2. The standard InChI is InChI=1S/C13H16BrN3O/c14-10-3-1-2-9(4-10)12-7-15-5-11-6-16-13(18)8-17(11)12/h1-4,11-12,15H,5-8H2,(H,16,18). The Bertz CT molecular complexity index is 465. The van der Waals surface area contributed by atoms with Crippen molar-refractivity contribution < 1.29 is 4.79 Å². The smallest absolute Gasteiger partial charge is 0.234 e. The Balaban J connectivity index is 1.88. The quantitative estimate of drug-likeness (QED) is 0.810. The molecule has 2 N–H and O–H groups in total. The van der Waals surface area contributed by atoms with Crippen LogP contribution in [0, 0.1) is 0 Å². The van der Waals surface area contributed by atoms with Crippen molar-refractivity contribution in [2.24, 2.45) is 0 Å². The highest BCUT2D eigenvalue weighted by atomic mass is 79.9. The molecule has 0 aromatic heterocycles. The molecule has 1 aromatic carbocycles. The van der Waals surface area contributed by atoms with E-state index in [0.717, 1.165) is 24.1 Å². The lowest BCUT2D eigenvalue weighted by molar-refractivity contribution is -0.127. The van der Waals surface area contributed by atoms with Crippen molar-refractivity contribution in [3.05, 3.63) is 34.3 Å². The molecule has 4 nitrogen and oxygen atoms in total. The van der Waals surface area contributed by atoms with Gasteiger partial charge in [0.05, 0.1) is 6.54 Å². The Morgan fingerprint density at radius 1 is 1.28 bits per heavy atom. The highest BCUT2D eigenvalue weighted by Gasteiger charge is 2.35. The molecule has 1 amide bonds. The molecule has 5 heteroatoms. The van der Waals surface area contributed by atoms with Crippen LogP contribution in [0.4, 0.5) is 0 Å². The fourth-order valence-electron chi connectivity index (χ4n) is 2.78. The van der Waals surface area contributed by atoms with Crippen LogP contribution in [0.15, 0.2) is 28.7 Å². The zero-order valence-corrected chi connectivity index (χ0v) is 11.6. The lowest BCUT2D eigenvalue weighted by Gasteiger charge is -2.45. The first-order valence-corrected chi connectivity index (χ1v) is 7.02. The molecular formula is C13H16BrN3O. The molecule has 0 radical (unpaired) electrons. The third-order valence-electron chi connectivity index (χ3n) is 3.68. The molecule has 18 heavy (non-hydrogen) atoms. The van der Waals surface area contributed by atoms with Gasteiger partial charge < -0.3 is 10.6 Å².